The Hall–Kier alpha value is -3.27. The topological polar surface area (TPSA) is 112 Å². The van der Waals surface area contributed by atoms with Crippen LogP contribution in [0, 0.1) is 6.92 Å². The van der Waals surface area contributed by atoms with Crippen LogP contribution in [0.3, 0.4) is 0 Å². The molecule has 0 aliphatic carbocycles. The first-order valence-corrected chi connectivity index (χ1v) is 9.37. The third-order valence-corrected chi connectivity index (χ3v) is 4.97. The first-order chi connectivity index (χ1) is 13.5. The summed E-state index contributed by atoms with van der Waals surface area (Å²) >= 11 is 0.961. The number of fused-ring (bicyclic) bond motifs is 1. The molecule has 3 heterocycles. The monoisotopic (exact) mass is 402 g/mol. The highest BCUT2D eigenvalue weighted by molar-refractivity contribution is 7.18. The van der Waals surface area contributed by atoms with Gasteiger partial charge in [0, 0.05) is 18.5 Å². The first kappa shape index (κ1) is 19.5. The number of amides is 1. The average molecular weight is 402 g/mol. The van der Waals surface area contributed by atoms with Gasteiger partial charge in [-0.25, -0.2) is 19.1 Å². The fraction of sp³-hybridized carbons (Fsp3) is 0.278. The molecule has 0 radical (unpaired) electrons. The number of esters is 2. The number of anilines is 1. The second-order valence-electron chi connectivity index (χ2n) is 5.61. The molecule has 0 bridgehead atoms. The fourth-order valence-corrected chi connectivity index (χ4v) is 3.63. The maximum absolute atomic E-state index is 12.7. The van der Waals surface area contributed by atoms with Crippen LogP contribution in [0.2, 0.25) is 0 Å². The van der Waals surface area contributed by atoms with E-state index in [0.29, 0.717) is 11.2 Å². The number of rotatable bonds is 6. The molecular weight excluding hydrogens is 384 g/mol. The molecule has 0 atom stereocenters. The van der Waals surface area contributed by atoms with E-state index in [1.807, 2.05) is 0 Å². The van der Waals surface area contributed by atoms with E-state index in [1.54, 1.807) is 39.2 Å². The number of nitrogens with one attached hydrogen (secondary N) is 1. The molecule has 3 rings (SSSR count). The largest absolute Gasteiger partial charge is 0.462 e. The number of aromatic nitrogens is 3. The number of ether oxygens (including phenoxy) is 2. The van der Waals surface area contributed by atoms with Crippen molar-refractivity contribution in [3.05, 3.63) is 46.2 Å². The Morgan fingerprint density at radius 2 is 1.89 bits per heavy atom. The molecule has 0 saturated carbocycles. The van der Waals surface area contributed by atoms with Crippen molar-refractivity contribution in [2.75, 3.05) is 18.5 Å². The van der Waals surface area contributed by atoms with Gasteiger partial charge in [0.15, 0.2) is 11.3 Å². The van der Waals surface area contributed by atoms with Crippen molar-refractivity contribution in [1.29, 1.82) is 0 Å². The highest BCUT2D eigenvalue weighted by Gasteiger charge is 2.28. The lowest BCUT2D eigenvalue weighted by Gasteiger charge is -2.06. The molecule has 10 heteroatoms. The zero-order valence-corrected chi connectivity index (χ0v) is 16.3. The molecule has 0 aromatic carbocycles. The van der Waals surface area contributed by atoms with E-state index in [4.69, 9.17) is 9.47 Å². The minimum Gasteiger partial charge on any atom is -0.462 e. The van der Waals surface area contributed by atoms with E-state index in [0.717, 1.165) is 11.3 Å². The van der Waals surface area contributed by atoms with E-state index < -0.39 is 17.8 Å². The lowest BCUT2D eigenvalue weighted by Crippen LogP contribution is -2.15. The van der Waals surface area contributed by atoms with Crippen LogP contribution in [0.1, 0.15) is 49.9 Å². The molecule has 1 N–H and O–H groups in total. The van der Waals surface area contributed by atoms with E-state index in [-0.39, 0.29) is 34.3 Å². The third-order valence-electron chi connectivity index (χ3n) is 3.78. The lowest BCUT2D eigenvalue weighted by molar-refractivity contribution is 0.0527. The van der Waals surface area contributed by atoms with Crippen LogP contribution in [0.4, 0.5) is 5.00 Å². The van der Waals surface area contributed by atoms with E-state index >= 15 is 0 Å². The maximum Gasteiger partial charge on any atom is 0.348 e. The molecule has 3 aromatic heterocycles. The average Bonchev–Trinajstić information content (AvgIpc) is 3.23. The number of carbonyl (C=O) groups excluding carboxylic acids is 3. The minimum atomic E-state index is -0.626. The molecule has 0 spiro atoms. The molecule has 3 aromatic rings. The van der Waals surface area contributed by atoms with E-state index in [1.165, 1.54) is 10.6 Å². The minimum absolute atomic E-state index is 0.122. The van der Waals surface area contributed by atoms with Crippen LogP contribution >= 0.6 is 11.3 Å². The van der Waals surface area contributed by atoms with Crippen molar-refractivity contribution in [3.63, 3.8) is 0 Å². The van der Waals surface area contributed by atoms with Gasteiger partial charge in [0.25, 0.3) is 5.91 Å². The highest BCUT2D eigenvalue weighted by Crippen LogP contribution is 2.34. The summed E-state index contributed by atoms with van der Waals surface area (Å²) in [5.74, 6) is -1.72. The van der Waals surface area contributed by atoms with Crippen LogP contribution in [0.15, 0.2) is 24.5 Å². The van der Waals surface area contributed by atoms with Crippen molar-refractivity contribution in [3.8, 4) is 0 Å². The van der Waals surface area contributed by atoms with Crippen molar-refractivity contribution in [1.82, 2.24) is 14.6 Å². The standard InChI is InChI=1S/C18H18N4O5S/c1-4-26-17(24)13-10(3)14(18(25)27-5-2)28-16(13)20-15(23)11-9-12-19-7-6-8-22(12)21-11/h6-9H,4-5H2,1-3H3,(H,20,23). The lowest BCUT2D eigenvalue weighted by atomic mass is 10.1. The van der Waals surface area contributed by atoms with Gasteiger partial charge in [0.1, 0.15) is 9.88 Å². The van der Waals surface area contributed by atoms with Crippen molar-refractivity contribution >= 4 is 39.8 Å². The Bertz CT molecular complexity index is 1020. The number of carbonyl (C=O) groups is 3. The summed E-state index contributed by atoms with van der Waals surface area (Å²) in [5.41, 5.74) is 1.16. The molecule has 0 saturated heterocycles. The van der Waals surface area contributed by atoms with Gasteiger partial charge in [-0.3, -0.25) is 4.79 Å². The normalized spacial score (nSPS) is 10.7. The van der Waals surface area contributed by atoms with Gasteiger partial charge in [-0.05, 0) is 32.4 Å². The number of nitrogens with zero attached hydrogens (tertiary/aromatic N) is 3. The molecule has 0 unspecified atom stereocenters. The Morgan fingerprint density at radius 1 is 1.18 bits per heavy atom. The second kappa shape index (κ2) is 8.17. The molecular formula is C18H18N4O5S. The second-order valence-corrected chi connectivity index (χ2v) is 6.63. The molecule has 146 valence electrons. The number of hydrogen-bond acceptors (Lipinski definition) is 8. The van der Waals surface area contributed by atoms with Crippen LogP contribution < -0.4 is 5.32 Å². The number of thiophene rings is 1. The quantitative estimate of drug-likeness (QED) is 0.631. The summed E-state index contributed by atoms with van der Waals surface area (Å²) in [5, 5.41) is 7.01. The van der Waals surface area contributed by atoms with E-state index in [9.17, 15) is 14.4 Å². The summed E-state index contributed by atoms with van der Waals surface area (Å²) in [6, 6.07) is 3.21. The van der Waals surface area contributed by atoms with Crippen molar-refractivity contribution in [2.24, 2.45) is 0 Å². The molecule has 9 nitrogen and oxygen atoms in total. The van der Waals surface area contributed by atoms with Gasteiger partial charge < -0.3 is 14.8 Å². The van der Waals surface area contributed by atoms with Gasteiger partial charge in [-0.2, -0.15) is 5.10 Å². The Balaban J connectivity index is 1.96. The van der Waals surface area contributed by atoms with Crippen LogP contribution in [-0.2, 0) is 9.47 Å². The highest BCUT2D eigenvalue weighted by atomic mass is 32.1. The van der Waals surface area contributed by atoms with Crippen LogP contribution in [-0.4, -0.2) is 45.7 Å². The van der Waals surface area contributed by atoms with Crippen molar-refractivity contribution < 1.29 is 23.9 Å². The van der Waals surface area contributed by atoms with Gasteiger partial charge in [0.2, 0.25) is 0 Å². The fourth-order valence-electron chi connectivity index (χ4n) is 2.55. The zero-order valence-electron chi connectivity index (χ0n) is 15.5. The summed E-state index contributed by atoms with van der Waals surface area (Å²) in [4.78, 5) is 41.6. The molecule has 0 aliphatic rings. The Labute approximate surface area is 164 Å². The van der Waals surface area contributed by atoms with Gasteiger partial charge in [-0.15, -0.1) is 11.3 Å². The summed E-state index contributed by atoms with van der Waals surface area (Å²) in [6.07, 6.45) is 3.25. The molecule has 0 fully saturated rings. The van der Waals surface area contributed by atoms with Gasteiger partial charge >= 0.3 is 11.9 Å². The summed E-state index contributed by atoms with van der Waals surface area (Å²) < 4.78 is 11.6. The molecule has 28 heavy (non-hydrogen) atoms. The van der Waals surface area contributed by atoms with Gasteiger partial charge in [-0.1, -0.05) is 0 Å². The van der Waals surface area contributed by atoms with Crippen LogP contribution in [0.5, 0.6) is 0 Å². The summed E-state index contributed by atoms with van der Waals surface area (Å²) in [6.45, 7) is 5.33. The van der Waals surface area contributed by atoms with E-state index in [2.05, 4.69) is 15.4 Å². The Kier molecular flexibility index (Phi) is 5.69. The Morgan fingerprint density at radius 3 is 2.57 bits per heavy atom. The molecule has 1 amide bonds. The zero-order chi connectivity index (χ0) is 20.3. The maximum atomic E-state index is 12.7. The third kappa shape index (κ3) is 3.72. The molecule has 0 aliphatic heterocycles. The van der Waals surface area contributed by atoms with Crippen molar-refractivity contribution in [2.45, 2.75) is 20.8 Å². The SMILES string of the molecule is CCOC(=O)c1sc(NC(=O)c2cc3ncccn3n2)c(C(=O)OCC)c1C. The smallest absolute Gasteiger partial charge is 0.348 e. The first-order valence-electron chi connectivity index (χ1n) is 8.55. The van der Waals surface area contributed by atoms with Gasteiger partial charge in [0.05, 0.1) is 18.8 Å². The summed E-state index contributed by atoms with van der Waals surface area (Å²) in [7, 11) is 0. The number of hydrogen-bond donors (Lipinski definition) is 1. The predicted octanol–water partition coefficient (Wildman–Crippen LogP) is 2.70. The predicted molar refractivity (Wildman–Crippen MR) is 102 cm³/mol. The van der Waals surface area contributed by atoms with Crippen LogP contribution in [0.25, 0.3) is 5.65 Å².